The van der Waals surface area contributed by atoms with Crippen molar-refractivity contribution in [3.8, 4) is 0 Å². The number of anilines is 1. The predicted octanol–water partition coefficient (Wildman–Crippen LogP) is 4.58. The Hall–Kier alpha value is -2.82. The van der Waals surface area contributed by atoms with Crippen LogP contribution >= 0.6 is 0 Å². The first-order valence-electron chi connectivity index (χ1n) is 8.58. The Morgan fingerprint density at radius 3 is 2.19 bits per heavy atom. The van der Waals surface area contributed by atoms with Gasteiger partial charge in [-0.3, -0.25) is 4.79 Å². The molecule has 0 atom stereocenters. The van der Waals surface area contributed by atoms with Crippen molar-refractivity contribution in [2.75, 3.05) is 5.32 Å². The summed E-state index contributed by atoms with van der Waals surface area (Å²) in [7, 11) is 0. The lowest BCUT2D eigenvalue weighted by Gasteiger charge is -2.19. The summed E-state index contributed by atoms with van der Waals surface area (Å²) in [5.41, 5.74) is 4.01. The van der Waals surface area contributed by atoms with Gasteiger partial charge in [0.1, 0.15) is 5.60 Å². The molecule has 5 nitrogen and oxygen atoms in total. The number of aryl methyl sites for hydroxylation is 2. The number of carbonyl (C=O) groups excluding carboxylic acids is 2. The van der Waals surface area contributed by atoms with Crippen LogP contribution in [0.2, 0.25) is 0 Å². The van der Waals surface area contributed by atoms with Crippen molar-refractivity contribution in [1.82, 2.24) is 5.32 Å². The summed E-state index contributed by atoms with van der Waals surface area (Å²) in [4.78, 5) is 24.0. The fraction of sp³-hybridized carbons (Fsp3) is 0.333. The van der Waals surface area contributed by atoms with Crippen LogP contribution in [0.15, 0.2) is 42.5 Å². The summed E-state index contributed by atoms with van der Waals surface area (Å²) >= 11 is 0. The van der Waals surface area contributed by atoms with Crippen LogP contribution in [0.4, 0.5) is 10.5 Å². The van der Waals surface area contributed by atoms with Crippen LogP contribution in [0, 0.1) is 13.8 Å². The van der Waals surface area contributed by atoms with Crippen LogP contribution in [0.1, 0.15) is 47.8 Å². The highest BCUT2D eigenvalue weighted by molar-refractivity contribution is 6.04. The van der Waals surface area contributed by atoms with Gasteiger partial charge in [-0.15, -0.1) is 0 Å². The van der Waals surface area contributed by atoms with Crippen LogP contribution in [-0.4, -0.2) is 17.6 Å². The van der Waals surface area contributed by atoms with Crippen molar-refractivity contribution in [2.45, 2.75) is 46.8 Å². The molecule has 0 bridgehead atoms. The second-order valence-electron chi connectivity index (χ2n) is 7.31. The molecule has 2 aromatic carbocycles. The highest BCUT2D eigenvalue weighted by Gasteiger charge is 2.15. The van der Waals surface area contributed by atoms with E-state index in [1.54, 1.807) is 12.1 Å². The van der Waals surface area contributed by atoms with Crippen LogP contribution in [-0.2, 0) is 11.3 Å². The SMILES string of the molecule is Cc1ccc(NC(=O)c2ccc(CNC(=O)OC(C)(C)C)cc2)cc1C. The van der Waals surface area contributed by atoms with Gasteiger partial charge in [0.15, 0.2) is 0 Å². The smallest absolute Gasteiger partial charge is 0.407 e. The second-order valence-corrected chi connectivity index (χ2v) is 7.31. The van der Waals surface area contributed by atoms with E-state index in [9.17, 15) is 9.59 Å². The predicted molar refractivity (Wildman–Crippen MR) is 103 cm³/mol. The molecule has 0 aliphatic rings. The number of benzene rings is 2. The van der Waals surface area contributed by atoms with Crippen molar-refractivity contribution in [3.63, 3.8) is 0 Å². The van der Waals surface area contributed by atoms with Crippen molar-refractivity contribution in [2.24, 2.45) is 0 Å². The molecular weight excluding hydrogens is 328 g/mol. The summed E-state index contributed by atoms with van der Waals surface area (Å²) in [5.74, 6) is -0.167. The average molecular weight is 354 g/mol. The van der Waals surface area contributed by atoms with Gasteiger partial charge in [0.25, 0.3) is 5.91 Å². The Labute approximate surface area is 154 Å². The zero-order valence-corrected chi connectivity index (χ0v) is 16.0. The number of ether oxygens (including phenoxy) is 1. The quantitative estimate of drug-likeness (QED) is 0.844. The van der Waals surface area contributed by atoms with E-state index in [4.69, 9.17) is 4.74 Å². The molecule has 2 rings (SSSR count). The van der Waals surface area contributed by atoms with Gasteiger partial charge in [0, 0.05) is 17.8 Å². The molecule has 0 saturated carbocycles. The molecule has 0 saturated heterocycles. The van der Waals surface area contributed by atoms with Crippen LogP contribution in [0.5, 0.6) is 0 Å². The Morgan fingerprint density at radius 2 is 1.62 bits per heavy atom. The number of amides is 2. The topological polar surface area (TPSA) is 67.4 Å². The second kappa shape index (κ2) is 8.04. The minimum absolute atomic E-state index is 0.167. The molecule has 0 spiro atoms. The molecule has 0 aromatic heterocycles. The van der Waals surface area contributed by atoms with E-state index in [2.05, 4.69) is 10.6 Å². The van der Waals surface area contributed by atoms with E-state index in [1.165, 1.54) is 5.56 Å². The summed E-state index contributed by atoms with van der Waals surface area (Å²) in [6.07, 6.45) is -0.464. The fourth-order valence-corrected chi connectivity index (χ4v) is 2.28. The van der Waals surface area contributed by atoms with Crippen molar-refractivity contribution in [1.29, 1.82) is 0 Å². The number of hydrogen-bond acceptors (Lipinski definition) is 3. The number of rotatable bonds is 4. The third-order valence-electron chi connectivity index (χ3n) is 3.82. The first kappa shape index (κ1) is 19.5. The van der Waals surface area contributed by atoms with Gasteiger partial charge < -0.3 is 15.4 Å². The Bertz CT molecular complexity index is 790. The van der Waals surface area contributed by atoms with Gasteiger partial charge in [0.2, 0.25) is 0 Å². The minimum Gasteiger partial charge on any atom is -0.444 e. The fourth-order valence-electron chi connectivity index (χ4n) is 2.28. The largest absolute Gasteiger partial charge is 0.444 e. The Kier molecular flexibility index (Phi) is 6.03. The monoisotopic (exact) mass is 354 g/mol. The third-order valence-corrected chi connectivity index (χ3v) is 3.82. The zero-order valence-electron chi connectivity index (χ0n) is 16.0. The van der Waals surface area contributed by atoms with E-state index in [0.29, 0.717) is 12.1 Å². The van der Waals surface area contributed by atoms with Crippen LogP contribution < -0.4 is 10.6 Å². The van der Waals surface area contributed by atoms with Gasteiger partial charge in [-0.25, -0.2) is 4.79 Å². The average Bonchev–Trinajstić information content (AvgIpc) is 2.55. The number of carbonyl (C=O) groups is 2. The van der Waals surface area contributed by atoms with E-state index in [-0.39, 0.29) is 5.91 Å². The van der Waals surface area contributed by atoms with Crippen molar-refractivity contribution >= 4 is 17.7 Å². The van der Waals surface area contributed by atoms with Gasteiger partial charge in [-0.1, -0.05) is 18.2 Å². The molecule has 0 radical (unpaired) electrons. The number of hydrogen-bond donors (Lipinski definition) is 2. The maximum Gasteiger partial charge on any atom is 0.407 e. The lowest BCUT2D eigenvalue weighted by molar-refractivity contribution is 0.0523. The van der Waals surface area contributed by atoms with E-state index < -0.39 is 11.7 Å². The molecule has 138 valence electrons. The maximum atomic E-state index is 12.3. The molecule has 0 fully saturated rings. The lowest BCUT2D eigenvalue weighted by Crippen LogP contribution is -2.32. The lowest BCUT2D eigenvalue weighted by atomic mass is 10.1. The van der Waals surface area contributed by atoms with Crippen LogP contribution in [0.25, 0.3) is 0 Å². The first-order valence-corrected chi connectivity index (χ1v) is 8.58. The summed E-state index contributed by atoms with van der Waals surface area (Å²) < 4.78 is 5.19. The molecule has 26 heavy (non-hydrogen) atoms. The molecule has 0 aliphatic carbocycles. The summed E-state index contributed by atoms with van der Waals surface area (Å²) in [5, 5.41) is 5.59. The number of nitrogens with one attached hydrogen (secondary N) is 2. The Balaban J connectivity index is 1.92. The normalized spacial score (nSPS) is 11.0. The van der Waals surface area contributed by atoms with E-state index in [0.717, 1.165) is 16.8 Å². The summed E-state index contributed by atoms with van der Waals surface area (Å²) in [6, 6.07) is 12.9. The maximum absolute atomic E-state index is 12.3. The number of alkyl carbamates (subject to hydrolysis) is 1. The summed E-state index contributed by atoms with van der Waals surface area (Å²) in [6.45, 7) is 9.83. The molecular formula is C21H26N2O3. The van der Waals surface area contributed by atoms with Crippen molar-refractivity contribution in [3.05, 3.63) is 64.7 Å². The first-order chi connectivity index (χ1) is 12.1. The standard InChI is InChI=1S/C21H26N2O3/c1-14-6-11-18(12-15(14)2)23-19(24)17-9-7-16(8-10-17)13-22-20(25)26-21(3,4)5/h6-12H,13H2,1-5H3,(H,22,25)(H,23,24). The Morgan fingerprint density at radius 1 is 0.962 bits per heavy atom. The minimum atomic E-state index is -0.527. The molecule has 0 heterocycles. The van der Waals surface area contributed by atoms with Gasteiger partial charge >= 0.3 is 6.09 Å². The van der Waals surface area contributed by atoms with E-state index >= 15 is 0 Å². The van der Waals surface area contributed by atoms with Crippen LogP contribution in [0.3, 0.4) is 0 Å². The zero-order chi connectivity index (χ0) is 19.3. The third kappa shape index (κ3) is 5.92. The highest BCUT2D eigenvalue weighted by Crippen LogP contribution is 2.15. The highest BCUT2D eigenvalue weighted by atomic mass is 16.6. The van der Waals surface area contributed by atoms with Gasteiger partial charge in [0.05, 0.1) is 0 Å². The molecule has 2 N–H and O–H groups in total. The molecule has 2 amide bonds. The van der Waals surface area contributed by atoms with Gasteiger partial charge in [-0.05, 0) is 75.6 Å². The molecule has 0 aliphatic heterocycles. The van der Waals surface area contributed by atoms with E-state index in [1.807, 2.05) is 65.0 Å². The van der Waals surface area contributed by atoms with Crippen molar-refractivity contribution < 1.29 is 14.3 Å². The molecule has 2 aromatic rings. The molecule has 0 unspecified atom stereocenters. The molecule has 5 heteroatoms. The van der Waals surface area contributed by atoms with Gasteiger partial charge in [-0.2, -0.15) is 0 Å².